The molecule has 0 atom stereocenters. The Labute approximate surface area is 236 Å². The Balaban J connectivity index is 1.33. The molecule has 0 radical (unpaired) electrons. The smallest absolute Gasteiger partial charge is 0.294 e. The number of para-hydroxylation sites is 1. The lowest BCUT2D eigenvalue weighted by atomic mass is 10.1. The SMILES string of the molecule is COc1cc(N(C)CCN2CCCC2)c([N+](=O)[O-])cc1Nc1ncc(Cl)c(-c2cn3c4c(cccc24)OCC3)n1. The molecule has 0 bridgehead atoms. The zero-order valence-electron chi connectivity index (χ0n) is 22.4. The second-order valence-corrected chi connectivity index (χ2v) is 10.4. The first-order valence-electron chi connectivity index (χ1n) is 13.3. The highest BCUT2D eigenvalue weighted by Gasteiger charge is 2.24. The molecule has 40 heavy (non-hydrogen) atoms. The van der Waals surface area contributed by atoms with Gasteiger partial charge in [0.05, 0.1) is 46.7 Å². The van der Waals surface area contributed by atoms with Gasteiger partial charge in [0, 0.05) is 49.4 Å². The highest BCUT2D eigenvalue weighted by molar-refractivity contribution is 6.33. The van der Waals surface area contributed by atoms with Crippen molar-refractivity contribution in [3.05, 3.63) is 57.9 Å². The van der Waals surface area contributed by atoms with E-state index in [2.05, 4.69) is 19.8 Å². The molecule has 11 nitrogen and oxygen atoms in total. The summed E-state index contributed by atoms with van der Waals surface area (Å²) in [5.41, 5.74) is 3.24. The number of likely N-dealkylation sites (N-methyl/N-ethyl adjacent to an activating group) is 1. The zero-order valence-corrected chi connectivity index (χ0v) is 23.1. The number of nitrogens with zero attached hydrogens (tertiary/aromatic N) is 6. The van der Waals surface area contributed by atoms with Crippen LogP contribution in [0.15, 0.2) is 42.7 Å². The molecule has 2 aliphatic heterocycles. The summed E-state index contributed by atoms with van der Waals surface area (Å²) in [5.74, 6) is 1.50. The third-order valence-corrected chi connectivity index (χ3v) is 7.83. The minimum Gasteiger partial charge on any atom is -0.494 e. The fraction of sp³-hybridized carbons (Fsp3) is 0.357. The second kappa shape index (κ2) is 10.8. The number of hydrogen-bond acceptors (Lipinski definition) is 9. The highest BCUT2D eigenvalue weighted by atomic mass is 35.5. The van der Waals surface area contributed by atoms with Crippen molar-refractivity contribution in [1.82, 2.24) is 19.4 Å². The van der Waals surface area contributed by atoms with E-state index in [-0.39, 0.29) is 16.6 Å². The maximum atomic E-state index is 12.1. The number of halogens is 1. The topological polar surface area (TPSA) is 111 Å². The number of rotatable bonds is 9. The highest BCUT2D eigenvalue weighted by Crippen LogP contribution is 2.41. The second-order valence-electron chi connectivity index (χ2n) is 10.0. The summed E-state index contributed by atoms with van der Waals surface area (Å²) in [4.78, 5) is 25.1. The van der Waals surface area contributed by atoms with E-state index in [0.29, 0.717) is 41.0 Å². The van der Waals surface area contributed by atoms with Crippen molar-refractivity contribution in [3.8, 4) is 22.8 Å². The number of ether oxygens (including phenoxy) is 2. The average molecular weight is 564 g/mol. The summed E-state index contributed by atoms with van der Waals surface area (Å²) in [5, 5.41) is 16.6. The molecule has 2 aromatic carbocycles. The molecule has 0 saturated carbocycles. The van der Waals surface area contributed by atoms with Crippen LogP contribution in [0.4, 0.5) is 23.0 Å². The number of nitro groups is 1. The van der Waals surface area contributed by atoms with Gasteiger partial charge in [-0.15, -0.1) is 0 Å². The molecule has 0 aliphatic carbocycles. The van der Waals surface area contributed by atoms with E-state index in [9.17, 15) is 10.1 Å². The average Bonchev–Trinajstić information content (AvgIpc) is 3.62. The van der Waals surface area contributed by atoms with Crippen LogP contribution in [0.3, 0.4) is 0 Å². The molecule has 0 amide bonds. The Morgan fingerprint density at radius 1 is 1.25 bits per heavy atom. The Hall–Kier alpha value is -4.09. The summed E-state index contributed by atoms with van der Waals surface area (Å²) in [6.07, 6.45) is 5.94. The minimum atomic E-state index is -0.379. The molecular formula is C28H30ClN7O4. The lowest BCUT2D eigenvalue weighted by Crippen LogP contribution is -2.31. The maximum Gasteiger partial charge on any atom is 0.294 e. The summed E-state index contributed by atoms with van der Waals surface area (Å²) < 4.78 is 13.6. The summed E-state index contributed by atoms with van der Waals surface area (Å²) in [7, 11) is 3.40. The summed E-state index contributed by atoms with van der Waals surface area (Å²) in [6, 6.07) is 9.06. The van der Waals surface area contributed by atoms with Gasteiger partial charge in [0.1, 0.15) is 23.8 Å². The van der Waals surface area contributed by atoms with E-state index in [1.807, 2.05) is 36.3 Å². The van der Waals surface area contributed by atoms with Crippen LogP contribution in [0.25, 0.3) is 22.2 Å². The van der Waals surface area contributed by atoms with Crippen LogP contribution >= 0.6 is 11.6 Å². The molecule has 12 heteroatoms. The number of benzene rings is 2. The van der Waals surface area contributed by atoms with Crippen LogP contribution in [0, 0.1) is 10.1 Å². The summed E-state index contributed by atoms with van der Waals surface area (Å²) in [6.45, 7) is 4.97. The van der Waals surface area contributed by atoms with Gasteiger partial charge in [-0.1, -0.05) is 23.7 Å². The number of anilines is 3. The number of methoxy groups -OCH3 is 1. The van der Waals surface area contributed by atoms with Crippen molar-refractivity contribution >= 4 is 45.5 Å². The van der Waals surface area contributed by atoms with Crippen LogP contribution in [-0.4, -0.2) is 71.3 Å². The fourth-order valence-electron chi connectivity index (χ4n) is 5.49. The normalized spacial score (nSPS) is 14.8. The van der Waals surface area contributed by atoms with Crippen molar-refractivity contribution in [2.24, 2.45) is 0 Å². The van der Waals surface area contributed by atoms with Gasteiger partial charge in [0.15, 0.2) is 0 Å². The number of nitrogens with one attached hydrogen (secondary N) is 1. The first-order valence-corrected chi connectivity index (χ1v) is 13.6. The van der Waals surface area contributed by atoms with Crippen LogP contribution in [0.1, 0.15) is 12.8 Å². The Morgan fingerprint density at radius 2 is 2.08 bits per heavy atom. The van der Waals surface area contributed by atoms with Crippen molar-refractivity contribution in [2.75, 3.05) is 57.2 Å². The van der Waals surface area contributed by atoms with Gasteiger partial charge < -0.3 is 29.2 Å². The lowest BCUT2D eigenvalue weighted by molar-refractivity contribution is -0.384. The van der Waals surface area contributed by atoms with Gasteiger partial charge in [-0.2, -0.15) is 0 Å². The number of likely N-dealkylation sites (tertiary alicyclic amines) is 1. The van der Waals surface area contributed by atoms with E-state index >= 15 is 0 Å². The van der Waals surface area contributed by atoms with E-state index in [0.717, 1.165) is 48.4 Å². The third kappa shape index (κ3) is 4.86. The molecule has 1 fully saturated rings. The molecule has 2 aromatic heterocycles. The molecule has 4 heterocycles. The monoisotopic (exact) mass is 563 g/mol. The molecular weight excluding hydrogens is 534 g/mol. The maximum absolute atomic E-state index is 12.1. The molecule has 4 aromatic rings. The van der Waals surface area contributed by atoms with Gasteiger partial charge in [0.25, 0.3) is 5.69 Å². The van der Waals surface area contributed by atoms with Gasteiger partial charge in [-0.05, 0) is 32.0 Å². The quantitative estimate of drug-likeness (QED) is 0.213. The van der Waals surface area contributed by atoms with Crippen molar-refractivity contribution in [2.45, 2.75) is 19.4 Å². The van der Waals surface area contributed by atoms with Gasteiger partial charge in [0.2, 0.25) is 5.95 Å². The number of hydrogen-bond donors (Lipinski definition) is 1. The zero-order chi connectivity index (χ0) is 27.8. The molecule has 2 aliphatic rings. The van der Waals surface area contributed by atoms with E-state index in [1.165, 1.54) is 32.2 Å². The first kappa shape index (κ1) is 26.1. The number of aromatic nitrogens is 3. The fourth-order valence-corrected chi connectivity index (χ4v) is 5.69. The molecule has 6 rings (SSSR count). The predicted octanol–water partition coefficient (Wildman–Crippen LogP) is 5.34. The molecule has 0 unspecified atom stereocenters. The Bertz CT molecular complexity index is 1580. The van der Waals surface area contributed by atoms with Crippen LogP contribution < -0.4 is 19.7 Å². The summed E-state index contributed by atoms with van der Waals surface area (Å²) >= 11 is 6.58. The largest absolute Gasteiger partial charge is 0.494 e. The van der Waals surface area contributed by atoms with Crippen LogP contribution in [0.5, 0.6) is 11.5 Å². The first-order chi connectivity index (χ1) is 19.4. The van der Waals surface area contributed by atoms with Gasteiger partial charge >= 0.3 is 0 Å². The lowest BCUT2D eigenvalue weighted by Gasteiger charge is -2.24. The van der Waals surface area contributed by atoms with Gasteiger partial charge in [-0.25, -0.2) is 9.97 Å². The minimum absolute atomic E-state index is 0.0320. The third-order valence-electron chi connectivity index (χ3n) is 7.55. The molecule has 1 N–H and O–H groups in total. The Kier molecular flexibility index (Phi) is 7.07. The van der Waals surface area contributed by atoms with Crippen molar-refractivity contribution < 1.29 is 14.4 Å². The molecule has 208 valence electrons. The predicted molar refractivity (Wildman–Crippen MR) is 155 cm³/mol. The van der Waals surface area contributed by atoms with Gasteiger partial charge in [-0.3, -0.25) is 10.1 Å². The van der Waals surface area contributed by atoms with Crippen molar-refractivity contribution in [3.63, 3.8) is 0 Å². The van der Waals surface area contributed by atoms with E-state index in [1.54, 1.807) is 6.07 Å². The number of nitro benzene ring substituents is 1. The standard InChI is InChI=1S/C28H30ClN7O4/c1-33(10-11-34-8-3-4-9-34)22-15-25(39-2)21(14-23(22)36(37)38)31-28-30-16-20(29)26(32-28)19-17-35-12-13-40-24-7-5-6-18(19)27(24)35/h5-7,14-17H,3-4,8-13H2,1-2H3,(H,30,31,32). The molecule has 1 saturated heterocycles. The van der Waals surface area contributed by atoms with Crippen LogP contribution in [0.2, 0.25) is 5.02 Å². The molecule has 0 spiro atoms. The van der Waals surface area contributed by atoms with Crippen molar-refractivity contribution in [1.29, 1.82) is 0 Å². The Morgan fingerprint density at radius 3 is 2.85 bits per heavy atom. The van der Waals surface area contributed by atoms with Crippen LogP contribution in [-0.2, 0) is 6.54 Å². The van der Waals surface area contributed by atoms with E-state index < -0.39 is 0 Å². The van der Waals surface area contributed by atoms with E-state index in [4.69, 9.17) is 26.1 Å².